The van der Waals surface area contributed by atoms with Crippen LogP contribution in [0.4, 0.5) is 5.13 Å². The lowest BCUT2D eigenvalue weighted by Gasteiger charge is -2.08. The van der Waals surface area contributed by atoms with E-state index in [9.17, 15) is 4.79 Å². The number of thiazole rings is 1. The van der Waals surface area contributed by atoms with Gasteiger partial charge < -0.3 is 4.52 Å². The van der Waals surface area contributed by atoms with Gasteiger partial charge >= 0.3 is 0 Å². The Morgan fingerprint density at radius 1 is 1.12 bits per heavy atom. The zero-order chi connectivity index (χ0) is 22.8. The van der Waals surface area contributed by atoms with Gasteiger partial charge in [-0.15, -0.1) is 23.1 Å². The zero-order valence-corrected chi connectivity index (χ0v) is 20.3. The number of thioether (sulfide) groups is 1. The molecule has 0 saturated heterocycles. The summed E-state index contributed by atoms with van der Waals surface area (Å²) in [6.07, 6.45) is 1.69. The molecule has 1 aromatic carbocycles. The molecule has 0 radical (unpaired) electrons. The van der Waals surface area contributed by atoms with Gasteiger partial charge in [0.15, 0.2) is 5.13 Å². The summed E-state index contributed by atoms with van der Waals surface area (Å²) in [6, 6.07) is 7.86. The van der Waals surface area contributed by atoms with E-state index >= 15 is 0 Å². The van der Waals surface area contributed by atoms with Crippen molar-refractivity contribution in [2.24, 2.45) is 0 Å². The van der Waals surface area contributed by atoms with Crippen molar-refractivity contribution in [2.45, 2.75) is 45.4 Å². The Morgan fingerprint density at radius 2 is 1.91 bits per heavy atom. The first-order valence-electron chi connectivity index (χ1n) is 10.2. The van der Waals surface area contributed by atoms with Crippen molar-refractivity contribution in [3.8, 4) is 11.3 Å². The molecule has 0 unspecified atom stereocenters. The summed E-state index contributed by atoms with van der Waals surface area (Å²) in [5.41, 5.74) is 8.00. The fraction of sp³-hybridized carbons (Fsp3) is 0.250. The molecule has 6 nitrogen and oxygen atoms in total. The van der Waals surface area contributed by atoms with Gasteiger partial charge in [-0.05, 0) is 69.5 Å². The van der Waals surface area contributed by atoms with Crippen molar-refractivity contribution in [2.75, 3.05) is 5.32 Å². The lowest BCUT2D eigenvalue weighted by atomic mass is 9.99. The Balaban J connectivity index is 1.51. The van der Waals surface area contributed by atoms with E-state index in [1.165, 1.54) is 39.8 Å². The molecule has 1 N–H and O–H groups in total. The summed E-state index contributed by atoms with van der Waals surface area (Å²) in [5, 5.41) is 10.1. The standard InChI is InChI=1S/C24H24N4O2S2/c1-13-9-15(3)19(10-14(13)2)21-12-32-24(26-21)27-22(29)18-7-6-8-25-23(18)31-11-20-16(4)28-30-17(20)5/h6-10,12H,11H2,1-5H3,(H,26,27,29). The van der Waals surface area contributed by atoms with Gasteiger partial charge in [-0.25, -0.2) is 9.97 Å². The quantitative estimate of drug-likeness (QED) is 0.338. The average Bonchev–Trinajstić information content (AvgIpc) is 3.35. The number of nitrogens with one attached hydrogen (secondary N) is 1. The second kappa shape index (κ2) is 9.26. The Labute approximate surface area is 195 Å². The molecule has 0 saturated carbocycles. The number of aryl methyl sites for hydroxylation is 5. The van der Waals surface area contributed by atoms with Crippen LogP contribution in [0.25, 0.3) is 11.3 Å². The van der Waals surface area contributed by atoms with Gasteiger partial charge in [0.2, 0.25) is 0 Å². The van der Waals surface area contributed by atoms with E-state index in [1.54, 1.807) is 18.3 Å². The Hall–Kier alpha value is -2.97. The van der Waals surface area contributed by atoms with Crippen molar-refractivity contribution < 1.29 is 9.32 Å². The fourth-order valence-electron chi connectivity index (χ4n) is 3.38. The van der Waals surface area contributed by atoms with Crippen LogP contribution in [0.2, 0.25) is 0 Å². The van der Waals surface area contributed by atoms with Crippen LogP contribution in [-0.2, 0) is 5.75 Å². The number of carbonyl (C=O) groups excluding carboxylic acids is 1. The third kappa shape index (κ3) is 4.61. The van der Waals surface area contributed by atoms with Crippen molar-refractivity contribution in [1.29, 1.82) is 0 Å². The lowest BCUT2D eigenvalue weighted by Crippen LogP contribution is -2.13. The number of amides is 1. The van der Waals surface area contributed by atoms with E-state index in [0.717, 1.165) is 28.3 Å². The first-order valence-corrected chi connectivity index (χ1v) is 12.0. The minimum Gasteiger partial charge on any atom is -0.361 e. The van der Waals surface area contributed by atoms with E-state index in [0.29, 0.717) is 21.5 Å². The lowest BCUT2D eigenvalue weighted by molar-refractivity contribution is 0.102. The molecular formula is C24H24N4O2S2. The molecular weight excluding hydrogens is 440 g/mol. The monoisotopic (exact) mass is 464 g/mol. The summed E-state index contributed by atoms with van der Waals surface area (Å²) in [6.45, 7) is 10.1. The highest BCUT2D eigenvalue weighted by atomic mass is 32.2. The second-order valence-corrected chi connectivity index (χ2v) is 9.51. The van der Waals surface area contributed by atoms with Crippen LogP contribution in [0, 0.1) is 34.6 Å². The summed E-state index contributed by atoms with van der Waals surface area (Å²) in [7, 11) is 0. The van der Waals surface area contributed by atoms with Crippen LogP contribution >= 0.6 is 23.1 Å². The number of carbonyl (C=O) groups is 1. The van der Waals surface area contributed by atoms with Crippen LogP contribution in [0.5, 0.6) is 0 Å². The average molecular weight is 465 g/mol. The van der Waals surface area contributed by atoms with Crippen molar-refractivity contribution >= 4 is 34.1 Å². The van der Waals surface area contributed by atoms with Crippen LogP contribution in [-0.4, -0.2) is 21.0 Å². The summed E-state index contributed by atoms with van der Waals surface area (Å²) in [4.78, 5) is 22.1. The zero-order valence-electron chi connectivity index (χ0n) is 18.6. The molecule has 0 bridgehead atoms. The van der Waals surface area contributed by atoms with Gasteiger partial charge in [0.05, 0.1) is 17.0 Å². The Bertz CT molecular complexity index is 1270. The van der Waals surface area contributed by atoms with E-state index in [-0.39, 0.29) is 5.91 Å². The summed E-state index contributed by atoms with van der Waals surface area (Å²) < 4.78 is 5.23. The molecule has 4 rings (SSSR count). The molecule has 8 heteroatoms. The molecule has 32 heavy (non-hydrogen) atoms. The number of benzene rings is 1. The predicted octanol–water partition coefficient (Wildman–Crippen LogP) is 6.28. The largest absolute Gasteiger partial charge is 0.361 e. The van der Waals surface area contributed by atoms with Crippen LogP contribution in [0.3, 0.4) is 0 Å². The molecule has 0 spiro atoms. The highest BCUT2D eigenvalue weighted by Crippen LogP contribution is 2.31. The highest BCUT2D eigenvalue weighted by Gasteiger charge is 2.17. The van der Waals surface area contributed by atoms with Crippen LogP contribution < -0.4 is 5.32 Å². The van der Waals surface area contributed by atoms with Gasteiger partial charge in [-0.2, -0.15) is 0 Å². The van der Waals surface area contributed by atoms with Gasteiger partial charge in [-0.1, -0.05) is 11.2 Å². The van der Waals surface area contributed by atoms with Crippen LogP contribution in [0.1, 0.15) is 44.1 Å². The molecule has 164 valence electrons. The summed E-state index contributed by atoms with van der Waals surface area (Å²) in [5.74, 6) is 1.19. The molecule has 3 aromatic heterocycles. The maximum absolute atomic E-state index is 13.0. The van der Waals surface area contributed by atoms with Crippen molar-refractivity contribution in [3.63, 3.8) is 0 Å². The smallest absolute Gasteiger partial charge is 0.260 e. The molecule has 0 fully saturated rings. The summed E-state index contributed by atoms with van der Waals surface area (Å²) >= 11 is 2.91. The first-order chi connectivity index (χ1) is 15.3. The number of hydrogen-bond acceptors (Lipinski definition) is 7. The number of aromatic nitrogens is 3. The SMILES string of the molecule is Cc1cc(C)c(-c2csc(NC(=O)c3cccnc3SCc3c(C)noc3C)n2)cc1C. The van der Waals surface area contributed by atoms with E-state index < -0.39 is 0 Å². The van der Waals surface area contributed by atoms with Gasteiger partial charge in [-0.3, -0.25) is 10.1 Å². The molecule has 3 heterocycles. The van der Waals surface area contributed by atoms with E-state index in [1.807, 2.05) is 19.2 Å². The van der Waals surface area contributed by atoms with Crippen LogP contribution in [0.15, 0.2) is 45.4 Å². The number of nitrogens with zero attached hydrogens (tertiary/aromatic N) is 3. The molecule has 0 aliphatic rings. The highest BCUT2D eigenvalue weighted by molar-refractivity contribution is 7.98. The number of rotatable bonds is 6. The minimum atomic E-state index is -0.225. The first kappa shape index (κ1) is 22.2. The third-order valence-corrected chi connectivity index (χ3v) is 7.18. The molecule has 0 atom stereocenters. The number of pyridine rings is 1. The molecule has 0 aliphatic carbocycles. The van der Waals surface area contributed by atoms with Gasteiger partial charge in [0.25, 0.3) is 5.91 Å². The Morgan fingerprint density at radius 3 is 2.66 bits per heavy atom. The minimum absolute atomic E-state index is 0.225. The maximum atomic E-state index is 13.0. The second-order valence-electron chi connectivity index (χ2n) is 7.69. The topological polar surface area (TPSA) is 80.9 Å². The molecule has 1 amide bonds. The van der Waals surface area contributed by atoms with E-state index in [2.05, 4.69) is 53.3 Å². The van der Waals surface area contributed by atoms with Gasteiger partial charge in [0.1, 0.15) is 10.8 Å². The fourth-order valence-corrected chi connectivity index (χ4v) is 5.23. The normalized spacial score (nSPS) is 11.0. The van der Waals surface area contributed by atoms with Gasteiger partial charge in [0, 0.05) is 28.5 Å². The van der Waals surface area contributed by atoms with Crippen molar-refractivity contribution in [1.82, 2.24) is 15.1 Å². The van der Waals surface area contributed by atoms with E-state index in [4.69, 9.17) is 4.52 Å². The molecule has 0 aliphatic heterocycles. The van der Waals surface area contributed by atoms with Crippen molar-refractivity contribution in [3.05, 3.63) is 75.1 Å². The molecule has 4 aromatic rings. The predicted molar refractivity (Wildman–Crippen MR) is 129 cm³/mol. The maximum Gasteiger partial charge on any atom is 0.260 e. The Kier molecular flexibility index (Phi) is 6.43. The number of hydrogen-bond donors (Lipinski definition) is 1. The third-order valence-electron chi connectivity index (χ3n) is 5.39. The number of anilines is 1.